The lowest BCUT2D eigenvalue weighted by molar-refractivity contribution is 0.0951. The molecule has 7 heteroatoms. The van der Waals surface area contributed by atoms with E-state index < -0.39 is 15.5 Å². The van der Waals surface area contributed by atoms with E-state index in [4.69, 9.17) is 6.42 Å². The number of amides is 1. The van der Waals surface area contributed by atoms with Crippen molar-refractivity contribution < 1.29 is 13.2 Å². The average molecular weight is 395 g/mol. The first kappa shape index (κ1) is 19.8. The van der Waals surface area contributed by atoms with Gasteiger partial charge >= 0.3 is 0 Å². The largest absolute Gasteiger partial charge is 0.352 e. The van der Waals surface area contributed by atoms with Gasteiger partial charge in [0.25, 0.3) is 5.91 Å². The number of sulfone groups is 1. The number of carbonyl (C=O) groups is 1. The first-order valence-electron chi connectivity index (χ1n) is 8.97. The number of hydrogen-bond donors (Lipinski definition) is 1. The van der Waals surface area contributed by atoms with Crippen LogP contribution in [0.25, 0.3) is 0 Å². The van der Waals surface area contributed by atoms with Gasteiger partial charge in [0.2, 0.25) is 0 Å². The summed E-state index contributed by atoms with van der Waals surface area (Å²) in [7, 11) is -3.54. The van der Waals surface area contributed by atoms with Crippen molar-refractivity contribution in [2.45, 2.75) is 35.6 Å². The molecule has 6 nitrogen and oxygen atoms in total. The summed E-state index contributed by atoms with van der Waals surface area (Å²) in [4.78, 5) is 12.5. The topological polar surface area (TPSA) is 88.0 Å². The monoisotopic (exact) mass is 395 g/mol. The van der Waals surface area contributed by atoms with Gasteiger partial charge in [0.05, 0.1) is 10.6 Å². The Morgan fingerprint density at radius 3 is 2.50 bits per heavy atom. The molecule has 28 heavy (non-hydrogen) atoms. The smallest absolute Gasteiger partial charge is 0.251 e. The van der Waals surface area contributed by atoms with Gasteiger partial charge in [-0.25, -0.2) is 8.42 Å². The fourth-order valence-corrected chi connectivity index (χ4v) is 4.24. The molecule has 0 aliphatic carbocycles. The van der Waals surface area contributed by atoms with Crippen LogP contribution in [0.15, 0.2) is 69.7 Å². The van der Waals surface area contributed by atoms with Crippen LogP contribution in [0.3, 0.4) is 0 Å². The van der Waals surface area contributed by atoms with Crippen molar-refractivity contribution in [2.24, 2.45) is 10.2 Å². The SMILES string of the molecule is C#CCCC1(CCNC(=O)c2cccc(S(=O)(=O)Cc3ccccc3)c2)N=N1. The van der Waals surface area contributed by atoms with Crippen molar-refractivity contribution in [1.82, 2.24) is 5.32 Å². The number of rotatable bonds is 9. The van der Waals surface area contributed by atoms with Crippen molar-refractivity contribution in [3.05, 3.63) is 65.7 Å². The fraction of sp³-hybridized carbons (Fsp3) is 0.286. The quantitative estimate of drug-likeness (QED) is 0.661. The number of nitrogens with one attached hydrogen (secondary N) is 1. The van der Waals surface area contributed by atoms with Crippen LogP contribution in [0, 0.1) is 12.3 Å². The summed E-state index contributed by atoms with van der Waals surface area (Å²) in [5.74, 6) is 2.12. The summed E-state index contributed by atoms with van der Waals surface area (Å²) in [6.45, 7) is 0.386. The van der Waals surface area contributed by atoms with Crippen LogP contribution in [-0.2, 0) is 15.6 Å². The van der Waals surface area contributed by atoms with Crippen LogP contribution in [0.5, 0.6) is 0 Å². The molecule has 0 spiro atoms. The minimum Gasteiger partial charge on any atom is -0.352 e. The molecule has 0 aromatic heterocycles. The highest BCUT2D eigenvalue weighted by atomic mass is 32.2. The van der Waals surface area contributed by atoms with E-state index in [1.54, 1.807) is 36.4 Å². The Kier molecular flexibility index (Phi) is 5.90. The van der Waals surface area contributed by atoms with E-state index in [0.717, 1.165) is 0 Å². The first-order valence-corrected chi connectivity index (χ1v) is 10.6. The van der Waals surface area contributed by atoms with Crippen molar-refractivity contribution in [3.8, 4) is 12.3 Å². The van der Waals surface area contributed by atoms with E-state index in [2.05, 4.69) is 21.5 Å². The molecule has 3 rings (SSSR count). The number of terminal acetylenes is 1. The molecule has 1 heterocycles. The molecule has 2 aromatic rings. The highest BCUT2D eigenvalue weighted by molar-refractivity contribution is 7.90. The molecule has 144 valence electrons. The zero-order chi connectivity index (χ0) is 20.0. The molecule has 1 N–H and O–H groups in total. The Hall–Kier alpha value is -2.98. The molecule has 1 amide bonds. The van der Waals surface area contributed by atoms with E-state index in [0.29, 0.717) is 36.9 Å². The van der Waals surface area contributed by atoms with Crippen molar-refractivity contribution >= 4 is 15.7 Å². The van der Waals surface area contributed by atoms with Gasteiger partial charge in [-0.05, 0) is 23.8 Å². The second kappa shape index (κ2) is 8.36. The zero-order valence-electron chi connectivity index (χ0n) is 15.3. The summed E-state index contributed by atoms with van der Waals surface area (Å²) < 4.78 is 25.3. The van der Waals surface area contributed by atoms with Gasteiger partial charge in [0, 0.05) is 31.4 Å². The van der Waals surface area contributed by atoms with Crippen molar-refractivity contribution in [1.29, 1.82) is 0 Å². The van der Waals surface area contributed by atoms with E-state index in [1.165, 1.54) is 12.1 Å². The predicted molar refractivity (Wildman–Crippen MR) is 106 cm³/mol. The second-order valence-corrected chi connectivity index (χ2v) is 8.65. The molecule has 0 unspecified atom stereocenters. The Morgan fingerprint density at radius 1 is 1.07 bits per heavy atom. The minimum atomic E-state index is -3.54. The van der Waals surface area contributed by atoms with E-state index in [9.17, 15) is 13.2 Å². The summed E-state index contributed by atoms with van der Waals surface area (Å²) in [6, 6.07) is 15.0. The van der Waals surface area contributed by atoms with Crippen molar-refractivity contribution in [3.63, 3.8) is 0 Å². The van der Waals surface area contributed by atoms with E-state index >= 15 is 0 Å². The van der Waals surface area contributed by atoms with Gasteiger partial charge in [-0.1, -0.05) is 36.4 Å². The van der Waals surface area contributed by atoms with Gasteiger partial charge in [-0.15, -0.1) is 12.3 Å². The molecule has 0 bridgehead atoms. The molecular weight excluding hydrogens is 374 g/mol. The van der Waals surface area contributed by atoms with Crippen LogP contribution in [-0.4, -0.2) is 26.5 Å². The van der Waals surface area contributed by atoms with Crippen molar-refractivity contribution in [2.75, 3.05) is 6.54 Å². The Labute approximate surface area is 165 Å². The van der Waals surface area contributed by atoms with Crippen LogP contribution >= 0.6 is 0 Å². The number of hydrogen-bond acceptors (Lipinski definition) is 5. The maximum Gasteiger partial charge on any atom is 0.251 e. The summed E-state index contributed by atoms with van der Waals surface area (Å²) in [5, 5.41) is 10.8. The lowest BCUT2D eigenvalue weighted by Crippen LogP contribution is -2.28. The molecular formula is C21H21N3O3S. The highest BCUT2D eigenvalue weighted by Crippen LogP contribution is 2.36. The van der Waals surface area contributed by atoms with E-state index in [1.807, 2.05) is 6.07 Å². The normalized spacial score (nSPS) is 14.2. The molecule has 0 saturated carbocycles. The lowest BCUT2D eigenvalue weighted by atomic mass is 10.0. The fourth-order valence-electron chi connectivity index (χ4n) is 2.85. The first-order chi connectivity index (χ1) is 13.4. The molecule has 0 radical (unpaired) electrons. The Balaban J connectivity index is 1.61. The maximum atomic E-state index is 12.7. The summed E-state index contributed by atoms with van der Waals surface area (Å²) in [6.07, 6.45) is 7.10. The number of carbonyl (C=O) groups excluding carboxylic acids is 1. The van der Waals surface area contributed by atoms with Crippen LogP contribution in [0.2, 0.25) is 0 Å². The second-order valence-electron chi connectivity index (χ2n) is 6.66. The zero-order valence-corrected chi connectivity index (χ0v) is 16.2. The molecule has 1 aliphatic heterocycles. The Morgan fingerprint density at radius 2 is 1.82 bits per heavy atom. The predicted octanol–water partition coefficient (Wildman–Crippen LogP) is 3.36. The summed E-state index contributed by atoms with van der Waals surface area (Å²) >= 11 is 0. The van der Waals surface area contributed by atoms with Crippen LogP contribution in [0.4, 0.5) is 0 Å². The van der Waals surface area contributed by atoms with Crippen LogP contribution < -0.4 is 5.32 Å². The molecule has 1 aliphatic rings. The molecule has 0 saturated heterocycles. The lowest BCUT2D eigenvalue weighted by Gasteiger charge is -2.11. The van der Waals surface area contributed by atoms with Gasteiger partial charge in [0.15, 0.2) is 15.5 Å². The molecule has 0 fully saturated rings. The standard InChI is InChI=1S/C21H21N3O3S/c1-2-3-12-21(23-24-21)13-14-22-20(25)18-10-7-11-19(15-18)28(26,27)16-17-8-5-4-6-9-17/h1,4-11,15H,3,12-14,16H2,(H,22,25). The summed E-state index contributed by atoms with van der Waals surface area (Å²) in [5.41, 5.74) is 0.545. The van der Waals surface area contributed by atoms with Gasteiger partial charge < -0.3 is 5.32 Å². The van der Waals surface area contributed by atoms with Gasteiger partial charge in [-0.3, -0.25) is 4.79 Å². The maximum absolute atomic E-state index is 12.7. The third-order valence-electron chi connectivity index (χ3n) is 4.52. The average Bonchev–Trinajstić information content (AvgIpc) is 3.47. The van der Waals surface area contributed by atoms with Gasteiger partial charge in [-0.2, -0.15) is 10.2 Å². The minimum absolute atomic E-state index is 0.111. The third kappa shape index (κ3) is 5.05. The van der Waals surface area contributed by atoms with E-state index in [-0.39, 0.29) is 16.6 Å². The highest BCUT2D eigenvalue weighted by Gasteiger charge is 2.38. The number of benzene rings is 2. The number of nitrogens with zero attached hydrogens (tertiary/aromatic N) is 2. The van der Waals surface area contributed by atoms with Crippen LogP contribution in [0.1, 0.15) is 35.2 Å². The molecule has 0 atom stereocenters. The van der Waals surface area contributed by atoms with Gasteiger partial charge in [0.1, 0.15) is 0 Å². The third-order valence-corrected chi connectivity index (χ3v) is 6.20. The molecule has 2 aromatic carbocycles. The Bertz CT molecular complexity index is 1020.